The molecule has 1 aromatic heterocycles. The molecule has 0 radical (unpaired) electrons. The average molecular weight is 410 g/mol. The molecule has 0 bridgehead atoms. The van der Waals surface area contributed by atoms with Crippen molar-refractivity contribution in [3.05, 3.63) is 64.3 Å². The van der Waals surface area contributed by atoms with E-state index in [0.717, 1.165) is 39.7 Å². The predicted molar refractivity (Wildman–Crippen MR) is 116 cm³/mol. The molecule has 0 unspecified atom stereocenters. The Kier molecular flexibility index (Phi) is 5.33. The highest BCUT2D eigenvalue weighted by Crippen LogP contribution is 2.25. The van der Waals surface area contributed by atoms with Gasteiger partial charge < -0.3 is 15.2 Å². The van der Waals surface area contributed by atoms with Gasteiger partial charge >= 0.3 is 0 Å². The summed E-state index contributed by atoms with van der Waals surface area (Å²) in [6.07, 6.45) is 2.94. The van der Waals surface area contributed by atoms with Crippen molar-refractivity contribution in [3.8, 4) is 0 Å². The number of nitrogens with zero attached hydrogens (tertiary/aromatic N) is 1. The maximum atomic E-state index is 12.7. The molecule has 3 aromatic rings. The van der Waals surface area contributed by atoms with Crippen LogP contribution in [0.4, 0.5) is 5.69 Å². The molecule has 150 valence electrons. The number of anilines is 1. The molecule has 1 aliphatic heterocycles. The number of carbonyl (C=O) groups excluding carboxylic acids is 2. The second-order valence-electron chi connectivity index (χ2n) is 7.80. The van der Waals surface area contributed by atoms with Crippen LogP contribution in [0.15, 0.2) is 42.6 Å². The molecule has 4 rings (SSSR count). The number of carbonyl (C=O) groups is 2. The number of amides is 2. The number of nitrogens with one attached hydrogen (secondary N) is 2. The normalized spacial score (nSPS) is 16.6. The largest absolute Gasteiger partial charge is 0.361 e. The van der Waals surface area contributed by atoms with Gasteiger partial charge in [0.25, 0.3) is 0 Å². The first-order valence-corrected chi connectivity index (χ1v) is 10.2. The zero-order valence-corrected chi connectivity index (χ0v) is 17.3. The summed E-state index contributed by atoms with van der Waals surface area (Å²) in [7, 11) is 0. The lowest BCUT2D eigenvalue weighted by Gasteiger charge is -2.17. The Labute approximate surface area is 175 Å². The van der Waals surface area contributed by atoms with E-state index in [4.69, 9.17) is 11.6 Å². The minimum absolute atomic E-state index is 0.0315. The lowest BCUT2D eigenvalue weighted by Crippen LogP contribution is -2.30. The van der Waals surface area contributed by atoms with E-state index in [1.165, 1.54) is 0 Å². The van der Waals surface area contributed by atoms with Gasteiger partial charge in [0.2, 0.25) is 11.8 Å². The summed E-state index contributed by atoms with van der Waals surface area (Å²) in [4.78, 5) is 30.2. The van der Waals surface area contributed by atoms with Gasteiger partial charge in [0, 0.05) is 47.3 Å². The SMILES string of the molecule is Cc1ccc(C)c(NC(=O)[C@@H]2CC(=O)N(CCc3c[nH]c4ccc(Cl)cc34)C2)c1. The Morgan fingerprint density at radius 2 is 2.07 bits per heavy atom. The minimum Gasteiger partial charge on any atom is -0.361 e. The number of H-pyrrole nitrogens is 1. The van der Waals surface area contributed by atoms with Gasteiger partial charge in [-0.2, -0.15) is 0 Å². The van der Waals surface area contributed by atoms with E-state index in [9.17, 15) is 9.59 Å². The molecule has 29 heavy (non-hydrogen) atoms. The third-order valence-corrected chi connectivity index (χ3v) is 5.85. The Morgan fingerprint density at radius 3 is 2.90 bits per heavy atom. The smallest absolute Gasteiger partial charge is 0.229 e. The Morgan fingerprint density at radius 1 is 1.24 bits per heavy atom. The third kappa shape index (κ3) is 4.15. The van der Waals surface area contributed by atoms with Gasteiger partial charge in [-0.3, -0.25) is 9.59 Å². The third-order valence-electron chi connectivity index (χ3n) is 5.62. The van der Waals surface area contributed by atoms with Crippen molar-refractivity contribution in [1.82, 2.24) is 9.88 Å². The minimum atomic E-state index is -0.320. The quantitative estimate of drug-likeness (QED) is 0.653. The van der Waals surface area contributed by atoms with Crippen molar-refractivity contribution >= 4 is 40.0 Å². The molecule has 2 amide bonds. The molecule has 0 spiro atoms. The van der Waals surface area contributed by atoms with Crippen LogP contribution in [0.25, 0.3) is 10.9 Å². The number of hydrogen-bond acceptors (Lipinski definition) is 2. The maximum absolute atomic E-state index is 12.7. The van der Waals surface area contributed by atoms with Crippen molar-refractivity contribution in [2.75, 3.05) is 18.4 Å². The van der Waals surface area contributed by atoms with Crippen molar-refractivity contribution in [3.63, 3.8) is 0 Å². The summed E-state index contributed by atoms with van der Waals surface area (Å²) in [5.41, 5.74) is 5.08. The maximum Gasteiger partial charge on any atom is 0.229 e. The predicted octanol–water partition coefficient (Wildman–Crippen LogP) is 4.47. The fourth-order valence-corrected chi connectivity index (χ4v) is 4.05. The number of likely N-dealkylation sites (tertiary alicyclic amines) is 1. The lowest BCUT2D eigenvalue weighted by molar-refractivity contribution is -0.128. The summed E-state index contributed by atoms with van der Waals surface area (Å²) < 4.78 is 0. The van der Waals surface area contributed by atoms with Crippen LogP contribution < -0.4 is 5.32 Å². The van der Waals surface area contributed by atoms with Crippen molar-refractivity contribution < 1.29 is 9.59 Å². The highest BCUT2D eigenvalue weighted by molar-refractivity contribution is 6.31. The number of halogens is 1. The molecule has 1 fully saturated rings. The number of fused-ring (bicyclic) bond motifs is 1. The van der Waals surface area contributed by atoms with Crippen LogP contribution in [0.2, 0.25) is 5.02 Å². The molecule has 1 saturated heterocycles. The highest BCUT2D eigenvalue weighted by Gasteiger charge is 2.34. The molecular weight excluding hydrogens is 386 g/mol. The molecule has 5 nitrogen and oxygen atoms in total. The summed E-state index contributed by atoms with van der Waals surface area (Å²) >= 11 is 6.12. The number of aryl methyl sites for hydroxylation is 2. The Hall–Kier alpha value is -2.79. The van der Waals surface area contributed by atoms with Crippen LogP contribution >= 0.6 is 11.6 Å². The summed E-state index contributed by atoms with van der Waals surface area (Å²) in [6, 6.07) is 11.7. The van der Waals surface area contributed by atoms with Crippen molar-refractivity contribution in [1.29, 1.82) is 0 Å². The van der Waals surface area contributed by atoms with Gasteiger partial charge in [-0.05, 0) is 61.2 Å². The molecule has 2 heterocycles. The average Bonchev–Trinajstić information content (AvgIpc) is 3.26. The van der Waals surface area contributed by atoms with Gasteiger partial charge in [0.1, 0.15) is 0 Å². The number of hydrogen-bond donors (Lipinski definition) is 2. The standard InChI is InChI=1S/C23H24ClN3O2/c1-14-3-4-15(2)21(9-14)26-23(29)17-10-22(28)27(13-17)8-7-16-12-25-20-6-5-18(24)11-19(16)20/h3-6,9,11-12,17,25H,7-8,10,13H2,1-2H3,(H,26,29)/t17-/m1/s1. The van der Waals surface area contributed by atoms with E-state index >= 15 is 0 Å². The Bertz CT molecular complexity index is 1090. The van der Waals surface area contributed by atoms with E-state index in [1.54, 1.807) is 4.90 Å². The van der Waals surface area contributed by atoms with E-state index in [1.807, 2.05) is 56.4 Å². The van der Waals surface area contributed by atoms with Crippen LogP contribution in [-0.4, -0.2) is 34.8 Å². The number of aromatic amines is 1. The fourth-order valence-electron chi connectivity index (χ4n) is 3.88. The molecule has 2 N–H and O–H groups in total. The molecular formula is C23H24ClN3O2. The lowest BCUT2D eigenvalue weighted by atomic mass is 10.1. The fraction of sp³-hybridized carbons (Fsp3) is 0.304. The number of rotatable bonds is 5. The summed E-state index contributed by atoms with van der Waals surface area (Å²) in [5, 5.41) is 4.77. The first-order chi connectivity index (χ1) is 13.9. The van der Waals surface area contributed by atoms with Crippen LogP contribution in [0.1, 0.15) is 23.1 Å². The molecule has 1 aliphatic rings. The van der Waals surface area contributed by atoms with Crippen LogP contribution in [0, 0.1) is 19.8 Å². The Balaban J connectivity index is 1.39. The first-order valence-electron chi connectivity index (χ1n) is 9.82. The van der Waals surface area contributed by atoms with Crippen LogP contribution in [0.5, 0.6) is 0 Å². The van der Waals surface area contributed by atoms with Gasteiger partial charge in [0.05, 0.1) is 5.92 Å². The highest BCUT2D eigenvalue weighted by atomic mass is 35.5. The van der Waals surface area contributed by atoms with E-state index in [0.29, 0.717) is 18.1 Å². The first kappa shape index (κ1) is 19.5. The van der Waals surface area contributed by atoms with E-state index in [2.05, 4.69) is 10.3 Å². The van der Waals surface area contributed by atoms with E-state index in [-0.39, 0.29) is 24.2 Å². The second kappa shape index (κ2) is 7.91. The molecule has 1 atom stereocenters. The van der Waals surface area contributed by atoms with Crippen LogP contribution in [0.3, 0.4) is 0 Å². The van der Waals surface area contributed by atoms with Gasteiger partial charge in [-0.1, -0.05) is 23.7 Å². The summed E-state index contributed by atoms with van der Waals surface area (Å²) in [6.45, 7) is 5.01. The zero-order valence-electron chi connectivity index (χ0n) is 16.6. The summed E-state index contributed by atoms with van der Waals surface area (Å²) in [5.74, 6) is -0.378. The second-order valence-corrected chi connectivity index (χ2v) is 8.24. The zero-order chi connectivity index (χ0) is 20.5. The van der Waals surface area contributed by atoms with Crippen molar-refractivity contribution in [2.24, 2.45) is 5.92 Å². The number of benzene rings is 2. The molecule has 0 aliphatic carbocycles. The van der Waals surface area contributed by atoms with Gasteiger partial charge in [0.15, 0.2) is 0 Å². The molecule has 2 aromatic carbocycles. The molecule has 0 saturated carbocycles. The van der Waals surface area contributed by atoms with E-state index < -0.39 is 0 Å². The molecule has 6 heteroatoms. The topological polar surface area (TPSA) is 65.2 Å². The monoisotopic (exact) mass is 409 g/mol. The number of aromatic nitrogens is 1. The van der Waals surface area contributed by atoms with Gasteiger partial charge in [-0.25, -0.2) is 0 Å². The van der Waals surface area contributed by atoms with Crippen LogP contribution in [-0.2, 0) is 16.0 Å². The van der Waals surface area contributed by atoms with Gasteiger partial charge in [-0.15, -0.1) is 0 Å². The van der Waals surface area contributed by atoms with Crippen molar-refractivity contribution in [2.45, 2.75) is 26.7 Å².